The summed E-state index contributed by atoms with van der Waals surface area (Å²) in [7, 11) is 0. The van der Waals surface area contributed by atoms with Gasteiger partial charge in [-0.05, 0) is 25.0 Å². The molecule has 2 rings (SSSR count). The first kappa shape index (κ1) is 13.8. The topological polar surface area (TPSA) is 53.4 Å². The van der Waals surface area contributed by atoms with Gasteiger partial charge in [0.15, 0.2) is 0 Å². The lowest BCUT2D eigenvalue weighted by Gasteiger charge is -2.22. The van der Waals surface area contributed by atoms with Crippen molar-refractivity contribution in [1.82, 2.24) is 9.88 Å². The number of pyridine rings is 1. The Hall–Kier alpha value is -1.63. The number of hydrogen-bond donors (Lipinski definition) is 1. The van der Waals surface area contributed by atoms with E-state index in [2.05, 4.69) is 4.98 Å². The number of aromatic carboxylic acids is 1. The van der Waals surface area contributed by atoms with E-state index in [1.165, 1.54) is 17.0 Å². The van der Waals surface area contributed by atoms with Gasteiger partial charge in [-0.3, -0.25) is 9.88 Å². The summed E-state index contributed by atoms with van der Waals surface area (Å²) in [5, 5.41) is 8.71. The second kappa shape index (κ2) is 5.16. The van der Waals surface area contributed by atoms with E-state index in [1.807, 2.05) is 0 Å². The predicted octanol–water partition coefficient (Wildman–Crippen LogP) is 2.31. The van der Waals surface area contributed by atoms with Crippen LogP contribution in [-0.2, 0) is 6.54 Å². The van der Waals surface area contributed by atoms with E-state index >= 15 is 0 Å². The lowest BCUT2D eigenvalue weighted by atomic mass is 10.2. The minimum atomic E-state index is -4.23. The molecule has 7 heteroatoms. The summed E-state index contributed by atoms with van der Waals surface area (Å²) in [4.78, 5) is 15.9. The summed E-state index contributed by atoms with van der Waals surface area (Å²) < 4.78 is 37.3. The molecule has 1 saturated carbocycles. The van der Waals surface area contributed by atoms with Gasteiger partial charge < -0.3 is 5.11 Å². The van der Waals surface area contributed by atoms with Crippen LogP contribution >= 0.6 is 0 Å². The number of rotatable bonds is 5. The van der Waals surface area contributed by atoms with E-state index in [1.54, 1.807) is 0 Å². The van der Waals surface area contributed by atoms with Crippen LogP contribution in [-0.4, -0.2) is 39.7 Å². The molecular formula is C12H13F3N2O2. The number of alkyl halides is 3. The summed E-state index contributed by atoms with van der Waals surface area (Å²) in [5.74, 6) is -1.10. The van der Waals surface area contributed by atoms with Crippen molar-refractivity contribution in [1.29, 1.82) is 0 Å². The number of halogens is 3. The Labute approximate surface area is 107 Å². The molecule has 1 aromatic heterocycles. The highest BCUT2D eigenvalue weighted by Gasteiger charge is 2.38. The quantitative estimate of drug-likeness (QED) is 0.895. The van der Waals surface area contributed by atoms with Crippen molar-refractivity contribution >= 4 is 5.97 Å². The molecule has 0 amide bonds. The molecule has 1 N–H and O–H groups in total. The molecule has 19 heavy (non-hydrogen) atoms. The zero-order chi connectivity index (χ0) is 14.0. The zero-order valence-corrected chi connectivity index (χ0v) is 10.0. The van der Waals surface area contributed by atoms with Crippen molar-refractivity contribution in [2.45, 2.75) is 31.6 Å². The molecule has 104 valence electrons. The Morgan fingerprint density at radius 3 is 2.53 bits per heavy atom. The third kappa shape index (κ3) is 4.20. The second-order valence-corrected chi connectivity index (χ2v) is 4.59. The van der Waals surface area contributed by atoms with Gasteiger partial charge >= 0.3 is 12.1 Å². The monoisotopic (exact) mass is 274 g/mol. The van der Waals surface area contributed by atoms with Crippen LogP contribution in [0.2, 0.25) is 0 Å². The maximum absolute atomic E-state index is 12.4. The Balaban J connectivity index is 2.02. The van der Waals surface area contributed by atoms with Gasteiger partial charge in [0, 0.05) is 18.8 Å². The first-order valence-electron chi connectivity index (χ1n) is 5.84. The standard InChI is InChI=1S/C12H13F3N2O2/c13-12(14,15)7-17(10-3-4-10)6-9-2-1-8(5-16-9)11(18)19/h1-2,5,10H,3-4,6-7H2,(H,18,19). The Morgan fingerprint density at radius 2 is 2.11 bits per heavy atom. The van der Waals surface area contributed by atoms with Crippen LogP contribution in [0.25, 0.3) is 0 Å². The van der Waals surface area contributed by atoms with Gasteiger partial charge in [0.2, 0.25) is 0 Å². The van der Waals surface area contributed by atoms with Gasteiger partial charge in [-0.1, -0.05) is 0 Å². The van der Waals surface area contributed by atoms with Crippen LogP contribution < -0.4 is 0 Å². The third-order valence-corrected chi connectivity index (χ3v) is 2.88. The highest BCUT2D eigenvalue weighted by atomic mass is 19.4. The molecule has 0 unspecified atom stereocenters. The number of carboxylic acid groups (broad SMARTS) is 1. The van der Waals surface area contributed by atoms with E-state index in [-0.39, 0.29) is 18.2 Å². The summed E-state index contributed by atoms with van der Waals surface area (Å²) >= 11 is 0. The van der Waals surface area contributed by atoms with Gasteiger partial charge in [0.05, 0.1) is 17.8 Å². The highest BCUT2D eigenvalue weighted by Crippen LogP contribution is 2.31. The van der Waals surface area contributed by atoms with E-state index < -0.39 is 18.7 Å². The summed E-state index contributed by atoms with van der Waals surface area (Å²) in [6.45, 7) is -0.871. The molecule has 0 radical (unpaired) electrons. The molecule has 1 heterocycles. The first-order chi connectivity index (χ1) is 8.85. The number of nitrogens with zero attached hydrogens (tertiary/aromatic N) is 2. The smallest absolute Gasteiger partial charge is 0.401 e. The van der Waals surface area contributed by atoms with Crippen LogP contribution in [0.4, 0.5) is 13.2 Å². The van der Waals surface area contributed by atoms with E-state index in [0.29, 0.717) is 5.69 Å². The fourth-order valence-electron chi connectivity index (χ4n) is 1.84. The fourth-order valence-corrected chi connectivity index (χ4v) is 1.84. The second-order valence-electron chi connectivity index (χ2n) is 4.59. The molecule has 0 saturated heterocycles. The number of hydrogen-bond acceptors (Lipinski definition) is 3. The first-order valence-corrected chi connectivity index (χ1v) is 5.84. The Kier molecular flexibility index (Phi) is 3.75. The lowest BCUT2D eigenvalue weighted by Crippen LogP contribution is -2.35. The fraction of sp³-hybridized carbons (Fsp3) is 0.500. The molecule has 4 nitrogen and oxygen atoms in total. The molecule has 1 aromatic rings. The van der Waals surface area contributed by atoms with Gasteiger partial charge in [-0.25, -0.2) is 4.79 Å². The maximum Gasteiger partial charge on any atom is 0.401 e. The van der Waals surface area contributed by atoms with E-state index in [0.717, 1.165) is 19.0 Å². The molecule has 0 spiro atoms. The Morgan fingerprint density at radius 1 is 1.42 bits per heavy atom. The molecule has 0 aliphatic heterocycles. The average molecular weight is 274 g/mol. The molecule has 0 bridgehead atoms. The minimum absolute atomic E-state index is 0.0255. The van der Waals surface area contributed by atoms with Crippen molar-refractivity contribution in [3.63, 3.8) is 0 Å². The lowest BCUT2D eigenvalue weighted by molar-refractivity contribution is -0.148. The molecule has 1 aliphatic rings. The normalized spacial score (nSPS) is 15.8. The largest absolute Gasteiger partial charge is 0.478 e. The average Bonchev–Trinajstić information content (AvgIpc) is 3.10. The predicted molar refractivity (Wildman–Crippen MR) is 60.7 cm³/mol. The van der Waals surface area contributed by atoms with Crippen LogP contribution in [0, 0.1) is 0 Å². The van der Waals surface area contributed by atoms with Crippen LogP contribution in [0.3, 0.4) is 0 Å². The molecule has 1 fully saturated rings. The van der Waals surface area contributed by atoms with Crippen molar-refractivity contribution in [2.75, 3.05) is 6.54 Å². The van der Waals surface area contributed by atoms with E-state index in [4.69, 9.17) is 5.11 Å². The highest BCUT2D eigenvalue weighted by molar-refractivity contribution is 5.87. The molecule has 0 aromatic carbocycles. The summed E-state index contributed by atoms with van der Waals surface area (Å²) in [6, 6.07) is 2.76. The minimum Gasteiger partial charge on any atom is -0.478 e. The van der Waals surface area contributed by atoms with Crippen LogP contribution in [0.15, 0.2) is 18.3 Å². The maximum atomic E-state index is 12.4. The van der Waals surface area contributed by atoms with Crippen molar-refractivity contribution in [3.05, 3.63) is 29.6 Å². The van der Waals surface area contributed by atoms with Crippen LogP contribution in [0.1, 0.15) is 28.9 Å². The van der Waals surface area contributed by atoms with Crippen molar-refractivity contribution in [3.8, 4) is 0 Å². The summed E-state index contributed by atoms with van der Waals surface area (Å²) in [5.41, 5.74) is 0.471. The summed E-state index contributed by atoms with van der Waals surface area (Å²) in [6.07, 6.45) is -1.54. The Bertz CT molecular complexity index is 455. The SMILES string of the molecule is O=C(O)c1ccc(CN(CC(F)(F)F)C2CC2)nc1. The van der Waals surface area contributed by atoms with Crippen molar-refractivity contribution < 1.29 is 23.1 Å². The van der Waals surface area contributed by atoms with E-state index in [9.17, 15) is 18.0 Å². The van der Waals surface area contributed by atoms with Gasteiger partial charge in [0.1, 0.15) is 0 Å². The molecular weight excluding hydrogens is 261 g/mol. The van der Waals surface area contributed by atoms with Crippen LogP contribution in [0.5, 0.6) is 0 Å². The van der Waals surface area contributed by atoms with Crippen molar-refractivity contribution in [2.24, 2.45) is 0 Å². The van der Waals surface area contributed by atoms with Gasteiger partial charge in [-0.2, -0.15) is 13.2 Å². The molecule has 1 aliphatic carbocycles. The molecule has 0 atom stereocenters. The number of aromatic nitrogens is 1. The third-order valence-electron chi connectivity index (χ3n) is 2.88. The number of carboxylic acids is 1. The van der Waals surface area contributed by atoms with Gasteiger partial charge in [0.25, 0.3) is 0 Å². The van der Waals surface area contributed by atoms with Gasteiger partial charge in [-0.15, -0.1) is 0 Å². The zero-order valence-electron chi connectivity index (χ0n) is 10.0. The number of carbonyl (C=O) groups is 1.